The van der Waals surface area contributed by atoms with Crippen LogP contribution in [0.1, 0.15) is 69.5 Å². The predicted molar refractivity (Wildman–Crippen MR) is 114 cm³/mol. The Kier molecular flexibility index (Phi) is 6.83. The van der Waals surface area contributed by atoms with Crippen LogP contribution in [-0.2, 0) is 15.5 Å². The first kappa shape index (κ1) is 23.4. The summed E-state index contributed by atoms with van der Waals surface area (Å²) in [5, 5.41) is 18.7. The molecule has 0 aliphatic carbocycles. The molecule has 160 valence electrons. The second kappa shape index (κ2) is 8.47. The van der Waals surface area contributed by atoms with E-state index in [4.69, 9.17) is 5.14 Å². The summed E-state index contributed by atoms with van der Waals surface area (Å²) in [5.41, 5.74) is 0.177. The number of carbonyl (C=O) groups is 1. The van der Waals surface area contributed by atoms with Gasteiger partial charge in [0.25, 0.3) is 0 Å². The van der Waals surface area contributed by atoms with Gasteiger partial charge >= 0.3 is 6.03 Å². The Morgan fingerprint density at radius 3 is 2.41 bits per heavy atom. The van der Waals surface area contributed by atoms with E-state index in [-0.39, 0.29) is 16.0 Å². The number of rotatable bonds is 5. The molecule has 1 unspecified atom stereocenters. The predicted octanol–water partition coefficient (Wildman–Crippen LogP) is 4.69. The zero-order valence-corrected chi connectivity index (χ0v) is 18.9. The van der Waals surface area contributed by atoms with Crippen molar-refractivity contribution in [1.29, 1.82) is 0 Å². The van der Waals surface area contributed by atoms with Crippen molar-refractivity contribution >= 4 is 33.0 Å². The van der Waals surface area contributed by atoms with E-state index < -0.39 is 27.4 Å². The van der Waals surface area contributed by atoms with Gasteiger partial charge in [-0.15, -0.1) is 15.7 Å². The van der Waals surface area contributed by atoms with Crippen molar-refractivity contribution in [2.24, 2.45) is 9.50 Å². The maximum absolute atomic E-state index is 14.4. The molecule has 0 saturated carbocycles. The van der Waals surface area contributed by atoms with Gasteiger partial charge in [0.2, 0.25) is 0 Å². The Morgan fingerprint density at radius 2 is 1.93 bits per heavy atom. The van der Waals surface area contributed by atoms with Crippen molar-refractivity contribution in [1.82, 2.24) is 4.98 Å². The molecule has 0 aliphatic heterocycles. The van der Waals surface area contributed by atoms with Crippen LogP contribution in [0.2, 0.25) is 0 Å². The van der Waals surface area contributed by atoms with Gasteiger partial charge in [-0.25, -0.2) is 23.5 Å². The van der Waals surface area contributed by atoms with Gasteiger partial charge in [-0.2, -0.15) is 0 Å². The third-order valence-corrected chi connectivity index (χ3v) is 7.36. The molecule has 1 heterocycles. The van der Waals surface area contributed by atoms with Gasteiger partial charge in [0.05, 0.1) is 11.9 Å². The fraction of sp³-hybridized carbons (Fsp3) is 0.474. The van der Waals surface area contributed by atoms with Crippen molar-refractivity contribution in [2.45, 2.75) is 63.2 Å². The minimum atomic E-state index is -3.58. The van der Waals surface area contributed by atoms with E-state index in [1.807, 2.05) is 27.7 Å². The Balaban J connectivity index is 2.46. The Labute approximate surface area is 174 Å². The second-order valence-corrected chi connectivity index (χ2v) is 10.9. The minimum Gasteiger partial charge on any atom is -0.383 e. The average molecular weight is 443 g/mol. The first-order chi connectivity index (χ1) is 13.2. The van der Waals surface area contributed by atoms with Crippen molar-refractivity contribution in [3.8, 4) is 0 Å². The number of hydrogen-bond donors (Lipinski definition) is 3. The van der Waals surface area contributed by atoms with Crippen molar-refractivity contribution in [3.05, 3.63) is 40.3 Å². The largest absolute Gasteiger partial charge is 0.383 e. The zero-order valence-electron chi connectivity index (χ0n) is 17.3. The summed E-state index contributed by atoms with van der Waals surface area (Å²) in [4.78, 5) is 16.5. The summed E-state index contributed by atoms with van der Waals surface area (Å²) >= 11 is 0.918. The molecule has 2 aromatic rings. The number of hydrogen-bond acceptors (Lipinski definition) is 5. The molecule has 10 heteroatoms. The molecule has 1 aromatic carbocycles. The van der Waals surface area contributed by atoms with Crippen LogP contribution in [0.15, 0.2) is 26.9 Å². The lowest BCUT2D eigenvalue weighted by atomic mass is 9.92. The summed E-state index contributed by atoms with van der Waals surface area (Å²) in [6.07, 6.45) is 1.23. The highest BCUT2D eigenvalue weighted by Gasteiger charge is 2.24. The van der Waals surface area contributed by atoms with E-state index >= 15 is 0 Å². The summed E-state index contributed by atoms with van der Waals surface area (Å²) in [6, 6.07) is 2.05. The lowest BCUT2D eigenvalue weighted by molar-refractivity contribution is 0.0783. The average Bonchev–Trinajstić information content (AvgIpc) is 3.04. The van der Waals surface area contributed by atoms with Gasteiger partial charge in [-0.05, 0) is 37.3 Å². The number of aliphatic hydroxyl groups is 1. The van der Waals surface area contributed by atoms with Crippen LogP contribution in [0.5, 0.6) is 0 Å². The van der Waals surface area contributed by atoms with Gasteiger partial charge in [-0.1, -0.05) is 33.8 Å². The van der Waals surface area contributed by atoms with Crippen molar-refractivity contribution in [2.75, 3.05) is 5.32 Å². The molecule has 0 spiro atoms. The number of halogens is 1. The molecule has 1 aromatic heterocycles. The highest BCUT2D eigenvalue weighted by molar-refractivity contribution is 7.93. The van der Waals surface area contributed by atoms with Gasteiger partial charge in [0, 0.05) is 5.56 Å². The van der Waals surface area contributed by atoms with Gasteiger partial charge < -0.3 is 10.4 Å². The van der Waals surface area contributed by atoms with Crippen LogP contribution < -0.4 is 10.5 Å². The Bertz CT molecular complexity index is 1030. The highest BCUT2D eigenvalue weighted by Crippen LogP contribution is 2.35. The number of amides is 2. The van der Waals surface area contributed by atoms with Crippen LogP contribution in [-0.4, -0.2) is 20.3 Å². The molecule has 2 amide bonds. The third-order valence-electron chi connectivity index (χ3n) is 4.17. The first-order valence-electron chi connectivity index (χ1n) is 9.11. The summed E-state index contributed by atoms with van der Waals surface area (Å²) in [7, 11) is -3.58. The Hall–Kier alpha value is -1.88. The normalized spacial score (nSPS) is 14.2. The number of carbonyl (C=O) groups excluding carboxylic acids is 1. The van der Waals surface area contributed by atoms with E-state index in [0.29, 0.717) is 16.3 Å². The maximum atomic E-state index is 14.4. The quantitative estimate of drug-likeness (QED) is 0.622. The highest BCUT2D eigenvalue weighted by atomic mass is 32.2. The van der Waals surface area contributed by atoms with Gasteiger partial charge in [0.15, 0.2) is 9.92 Å². The molecule has 0 bridgehead atoms. The Morgan fingerprint density at radius 1 is 1.31 bits per heavy atom. The molecular formula is C19H27FN4O3S2. The molecule has 7 nitrogen and oxygen atoms in total. The topological polar surface area (TPSA) is 118 Å². The van der Waals surface area contributed by atoms with Crippen LogP contribution in [0.4, 0.5) is 14.9 Å². The lowest BCUT2D eigenvalue weighted by Gasteiger charge is -2.20. The molecule has 0 radical (unpaired) electrons. The molecule has 29 heavy (non-hydrogen) atoms. The monoisotopic (exact) mass is 442 g/mol. The van der Waals surface area contributed by atoms with Crippen LogP contribution in [0.3, 0.4) is 0 Å². The van der Waals surface area contributed by atoms with Crippen molar-refractivity contribution in [3.63, 3.8) is 0 Å². The third kappa shape index (κ3) is 5.39. The molecule has 0 aliphatic rings. The van der Waals surface area contributed by atoms with E-state index in [1.165, 1.54) is 26.1 Å². The van der Waals surface area contributed by atoms with E-state index in [1.54, 1.807) is 6.07 Å². The first-order valence-corrected chi connectivity index (χ1v) is 11.5. The lowest BCUT2D eigenvalue weighted by Crippen LogP contribution is -2.19. The van der Waals surface area contributed by atoms with E-state index in [9.17, 15) is 18.5 Å². The number of urea groups is 1. The van der Waals surface area contributed by atoms with Gasteiger partial charge in [-0.3, -0.25) is 0 Å². The maximum Gasteiger partial charge on any atom is 0.354 e. The number of nitrogens with one attached hydrogen (secondary N) is 1. The standard InChI is InChI=1S/C19H27FN4O3S2/c1-10(2)12-7-8-13(20)15(11(3)4)16(12)23-18(25)24-29(21,27)14-9-22-17(28-14)19(5,6)26/h7-11,26H,1-6H3,(H3,21,23,24,25,27). The molecule has 2 rings (SSSR count). The number of nitrogens with zero attached hydrogens (tertiary/aromatic N) is 2. The number of nitrogens with two attached hydrogens (primary N) is 1. The van der Waals surface area contributed by atoms with Crippen LogP contribution in [0.25, 0.3) is 0 Å². The van der Waals surface area contributed by atoms with Gasteiger partial charge in [0.1, 0.15) is 20.6 Å². The fourth-order valence-electron chi connectivity index (χ4n) is 2.77. The molecule has 0 fully saturated rings. The molecule has 1 atom stereocenters. The fourth-order valence-corrected chi connectivity index (χ4v) is 4.83. The zero-order chi connectivity index (χ0) is 22.1. The van der Waals surface area contributed by atoms with Crippen LogP contribution in [0, 0.1) is 5.82 Å². The smallest absolute Gasteiger partial charge is 0.354 e. The second-order valence-electron chi connectivity index (χ2n) is 7.87. The summed E-state index contributed by atoms with van der Waals surface area (Å²) < 4.78 is 30.9. The van der Waals surface area contributed by atoms with Crippen molar-refractivity contribution < 1.29 is 18.5 Å². The summed E-state index contributed by atoms with van der Waals surface area (Å²) in [5.74, 6) is -0.617. The minimum absolute atomic E-state index is 0.0153. The van der Waals surface area contributed by atoms with Crippen LogP contribution >= 0.6 is 11.3 Å². The number of aromatic nitrogens is 1. The molecule has 0 saturated heterocycles. The molecule has 4 N–H and O–H groups in total. The number of thiazole rings is 1. The number of benzene rings is 1. The SMILES string of the molecule is CC(C)c1ccc(F)c(C(C)C)c1NC(=O)N=S(N)(=O)c1cnc(C(C)(C)O)s1. The number of anilines is 1. The molecular weight excluding hydrogens is 415 g/mol. The summed E-state index contributed by atoms with van der Waals surface area (Å²) in [6.45, 7) is 10.5. The van der Waals surface area contributed by atoms with E-state index in [0.717, 1.165) is 16.9 Å². The van der Waals surface area contributed by atoms with E-state index in [2.05, 4.69) is 14.7 Å².